The summed E-state index contributed by atoms with van der Waals surface area (Å²) < 4.78 is 5.25. The fourth-order valence-corrected chi connectivity index (χ4v) is 2.10. The lowest BCUT2D eigenvalue weighted by Crippen LogP contribution is -2.29. The van der Waals surface area contributed by atoms with Crippen molar-refractivity contribution in [3.8, 4) is 0 Å². The molecular formula is C14H16Cl2O4. The minimum absolute atomic E-state index is 0.172. The number of hydrogen-bond acceptors (Lipinski definition) is 3. The fourth-order valence-electron chi connectivity index (χ4n) is 1.66. The number of carbonyl (C=O) groups excluding carboxylic acids is 1. The van der Waals surface area contributed by atoms with Crippen molar-refractivity contribution in [1.29, 1.82) is 0 Å². The van der Waals surface area contributed by atoms with Gasteiger partial charge in [0.25, 0.3) is 0 Å². The number of hydrogen-bond donors (Lipinski definition) is 1. The van der Waals surface area contributed by atoms with Gasteiger partial charge in [-0.2, -0.15) is 0 Å². The lowest BCUT2D eigenvalue weighted by atomic mass is 9.95. The summed E-state index contributed by atoms with van der Waals surface area (Å²) in [7, 11) is 0. The Labute approximate surface area is 127 Å². The SMILES string of the molecule is CC(C)(C)OC(=O)C(CC(=O)O)c1cccc(Cl)c1Cl. The molecule has 1 rings (SSSR count). The average molecular weight is 319 g/mol. The summed E-state index contributed by atoms with van der Waals surface area (Å²) in [5, 5.41) is 9.41. The molecule has 0 amide bonds. The highest BCUT2D eigenvalue weighted by atomic mass is 35.5. The number of halogens is 2. The second kappa shape index (κ2) is 6.46. The van der Waals surface area contributed by atoms with Crippen LogP contribution in [0.3, 0.4) is 0 Å². The quantitative estimate of drug-likeness (QED) is 0.855. The van der Waals surface area contributed by atoms with Crippen molar-refractivity contribution < 1.29 is 19.4 Å². The van der Waals surface area contributed by atoms with Crippen LogP contribution in [0.4, 0.5) is 0 Å². The number of aliphatic carboxylic acids is 1. The lowest BCUT2D eigenvalue weighted by molar-refractivity contribution is -0.159. The van der Waals surface area contributed by atoms with E-state index in [0.29, 0.717) is 5.56 Å². The van der Waals surface area contributed by atoms with Crippen LogP contribution in [0.2, 0.25) is 10.0 Å². The van der Waals surface area contributed by atoms with Crippen molar-refractivity contribution in [3.05, 3.63) is 33.8 Å². The maximum Gasteiger partial charge on any atom is 0.314 e. The topological polar surface area (TPSA) is 63.6 Å². The van der Waals surface area contributed by atoms with Gasteiger partial charge in [0.05, 0.1) is 22.4 Å². The van der Waals surface area contributed by atoms with Gasteiger partial charge in [-0.3, -0.25) is 9.59 Å². The molecule has 0 heterocycles. The molecule has 0 aliphatic heterocycles. The first-order valence-corrected chi connectivity index (χ1v) is 6.76. The summed E-state index contributed by atoms with van der Waals surface area (Å²) in [6.07, 6.45) is -0.408. The van der Waals surface area contributed by atoms with Gasteiger partial charge in [-0.25, -0.2) is 0 Å². The number of carboxylic acids is 1. The smallest absolute Gasteiger partial charge is 0.314 e. The molecule has 0 aliphatic carbocycles. The Morgan fingerprint density at radius 3 is 2.40 bits per heavy atom. The van der Waals surface area contributed by atoms with Crippen molar-refractivity contribution in [2.45, 2.75) is 38.7 Å². The highest BCUT2D eigenvalue weighted by Crippen LogP contribution is 2.34. The van der Waals surface area contributed by atoms with Crippen LogP contribution in [0, 0.1) is 0 Å². The van der Waals surface area contributed by atoms with Gasteiger partial charge in [-0.05, 0) is 32.4 Å². The summed E-state index contributed by atoms with van der Waals surface area (Å²) in [6.45, 7) is 5.13. The molecule has 110 valence electrons. The van der Waals surface area contributed by atoms with E-state index < -0.39 is 29.9 Å². The minimum atomic E-state index is -1.11. The first kappa shape index (κ1) is 16.8. The lowest BCUT2D eigenvalue weighted by Gasteiger charge is -2.24. The molecule has 1 aromatic rings. The van der Waals surface area contributed by atoms with Gasteiger partial charge in [0, 0.05) is 0 Å². The van der Waals surface area contributed by atoms with E-state index in [-0.39, 0.29) is 10.0 Å². The van der Waals surface area contributed by atoms with Gasteiger partial charge >= 0.3 is 11.9 Å². The Hall–Kier alpha value is -1.26. The van der Waals surface area contributed by atoms with Gasteiger partial charge in [-0.15, -0.1) is 0 Å². The van der Waals surface area contributed by atoms with Crippen LogP contribution in [0.25, 0.3) is 0 Å². The molecule has 0 saturated carbocycles. The van der Waals surface area contributed by atoms with E-state index in [1.807, 2.05) is 0 Å². The molecule has 6 heteroatoms. The van der Waals surface area contributed by atoms with Crippen LogP contribution < -0.4 is 0 Å². The molecule has 1 aromatic carbocycles. The first-order chi connectivity index (χ1) is 9.11. The van der Waals surface area contributed by atoms with Crippen molar-refractivity contribution in [2.75, 3.05) is 0 Å². The number of esters is 1. The van der Waals surface area contributed by atoms with Gasteiger partial charge in [-0.1, -0.05) is 35.3 Å². The van der Waals surface area contributed by atoms with E-state index in [0.717, 1.165) is 0 Å². The van der Waals surface area contributed by atoms with Crippen LogP contribution in [0.1, 0.15) is 38.7 Å². The maximum absolute atomic E-state index is 12.2. The highest BCUT2D eigenvalue weighted by Gasteiger charge is 2.30. The monoisotopic (exact) mass is 318 g/mol. The third-order valence-corrected chi connectivity index (χ3v) is 3.26. The predicted molar refractivity (Wildman–Crippen MR) is 77.3 cm³/mol. The van der Waals surface area contributed by atoms with E-state index in [9.17, 15) is 9.59 Å². The summed E-state index contributed by atoms with van der Waals surface area (Å²) in [5.74, 6) is -2.74. The normalized spacial score (nSPS) is 12.8. The van der Waals surface area contributed by atoms with Crippen molar-refractivity contribution in [3.63, 3.8) is 0 Å². The zero-order valence-electron chi connectivity index (χ0n) is 11.4. The molecule has 1 N–H and O–H groups in total. The van der Waals surface area contributed by atoms with E-state index >= 15 is 0 Å². The zero-order chi connectivity index (χ0) is 15.5. The first-order valence-electron chi connectivity index (χ1n) is 6.00. The molecule has 1 unspecified atom stereocenters. The van der Waals surface area contributed by atoms with E-state index in [2.05, 4.69) is 0 Å². The summed E-state index contributed by atoms with van der Waals surface area (Å²) in [6, 6.07) is 4.76. The Kier molecular flexibility index (Phi) is 5.42. The molecule has 0 aliphatic rings. The molecule has 0 radical (unpaired) electrons. The molecule has 0 bridgehead atoms. The van der Waals surface area contributed by atoms with Crippen LogP contribution >= 0.6 is 23.2 Å². The number of ether oxygens (including phenoxy) is 1. The summed E-state index contributed by atoms with van der Waals surface area (Å²) in [4.78, 5) is 23.1. The van der Waals surface area contributed by atoms with Crippen molar-refractivity contribution in [1.82, 2.24) is 0 Å². The number of carboxylic acid groups (broad SMARTS) is 1. The third-order valence-electron chi connectivity index (χ3n) is 2.43. The van der Waals surface area contributed by atoms with Gasteiger partial charge < -0.3 is 9.84 Å². The highest BCUT2D eigenvalue weighted by molar-refractivity contribution is 6.42. The molecule has 4 nitrogen and oxygen atoms in total. The summed E-state index contributed by atoms with van der Waals surface area (Å²) >= 11 is 12.0. The van der Waals surface area contributed by atoms with Gasteiger partial charge in [0.2, 0.25) is 0 Å². The molecule has 0 spiro atoms. The second-order valence-electron chi connectivity index (χ2n) is 5.33. The molecular weight excluding hydrogens is 303 g/mol. The molecule has 20 heavy (non-hydrogen) atoms. The standard InChI is InChI=1S/C14H16Cl2O4/c1-14(2,3)20-13(19)9(7-11(17)18)8-5-4-6-10(15)12(8)16/h4-6,9H,7H2,1-3H3,(H,17,18). The minimum Gasteiger partial charge on any atom is -0.481 e. The summed E-state index contributed by atoms with van der Waals surface area (Å²) in [5.41, 5.74) is -0.352. The zero-order valence-corrected chi connectivity index (χ0v) is 13.0. The largest absolute Gasteiger partial charge is 0.481 e. The van der Waals surface area contributed by atoms with Crippen LogP contribution in [-0.2, 0) is 14.3 Å². The number of rotatable bonds is 4. The van der Waals surface area contributed by atoms with Gasteiger partial charge in [0.15, 0.2) is 0 Å². The third kappa shape index (κ3) is 4.69. The second-order valence-corrected chi connectivity index (χ2v) is 6.11. The molecule has 0 fully saturated rings. The van der Waals surface area contributed by atoms with Gasteiger partial charge in [0.1, 0.15) is 5.60 Å². The van der Waals surface area contributed by atoms with Crippen molar-refractivity contribution in [2.24, 2.45) is 0 Å². The van der Waals surface area contributed by atoms with Crippen LogP contribution in [-0.4, -0.2) is 22.6 Å². The van der Waals surface area contributed by atoms with E-state index in [1.54, 1.807) is 39.0 Å². The predicted octanol–water partition coefficient (Wildman–Crippen LogP) is 3.89. The molecule has 0 saturated heterocycles. The molecule has 1 atom stereocenters. The van der Waals surface area contributed by atoms with E-state index in [4.69, 9.17) is 33.0 Å². The number of benzene rings is 1. The van der Waals surface area contributed by atoms with E-state index in [1.165, 1.54) is 0 Å². The fraction of sp³-hybridized carbons (Fsp3) is 0.429. The number of carbonyl (C=O) groups is 2. The Bertz CT molecular complexity index is 520. The Morgan fingerprint density at radius 1 is 1.30 bits per heavy atom. The van der Waals surface area contributed by atoms with Crippen LogP contribution in [0.15, 0.2) is 18.2 Å². The van der Waals surface area contributed by atoms with Crippen LogP contribution in [0.5, 0.6) is 0 Å². The van der Waals surface area contributed by atoms with Crippen molar-refractivity contribution >= 4 is 35.1 Å². The average Bonchev–Trinajstić information content (AvgIpc) is 2.27. The Morgan fingerprint density at radius 2 is 1.90 bits per heavy atom. The Balaban J connectivity index is 3.15. The maximum atomic E-state index is 12.2. The molecule has 0 aromatic heterocycles.